The number of aromatic nitrogens is 1. The number of pyridine rings is 1. The molecule has 0 aliphatic carbocycles. The smallest absolute Gasteiger partial charge is 0.251 e. The van der Waals surface area contributed by atoms with Gasteiger partial charge in [0.1, 0.15) is 5.82 Å². The fourth-order valence-electron chi connectivity index (χ4n) is 1.82. The summed E-state index contributed by atoms with van der Waals surface area (Å²) in [6.07, 6.45) is 0.748. The number of nitrogens with two attached hydrogens (primary N) is 1. The minimum absolute atomic E-state index is 0.0121. The molecular formula is C15H25N3O2. The lowest BCUT2D eigenvalue weighted by atomic mass is 10.0. The normalized spacial score (nSPS) is 12.4. The van der Waals surface area contributed by atoms with Crippen LogP contribution in [0.2, 0.25) is 0 Å². The van der Waals surface area contributed by atoms with Gasteiger partial charge in [0, 0.05) is 17.9 Å². The van der Waals surface area contributed by atoms with Crippen LogP contribution in [0, 0.1) is 5.92 Å². The van der Waals surface area contributed by atoms with Crippen LogP contribution in [0.1, 0.15) is 43.7 Å². The number of nitrogens with one attached hydrogen (secondary N) is 1. The van der Waals surface area contributed by atoms with Crippen molar-refractivity contribution in [2.45, 2.75) is 40.2 Å². The molecule has 1 atom stereocenters. The Morgan fingerprint density at radius 2 is 2.10 bits per heavy atom. The van der Waals surface area contributed by atoms with Crippen molar-refractivity contribution in [1.82, 2.24) is 10.3 Å². The van der Waals surface area contributed by atoms with Gasteiger partial charge in [-0.3, -0.25) is 4.79 Å². The lowest BCUT2D eigenvalue weighted by molar-refractivity contribution is 0.0806. The van der Waals surface area contributed by atoms with Crippen LogP contribution in [0.4, 0.5) is 5.82 Å². The Bertz CT molecular complexity index is 447. The predicted octanol–water partition coefficient (Wildman–Crippen LogP) is 2.02. The molecule has 5 heteroatoms. The molecule has 1 aromatic rings. The van der Waals surface area contributed by atoms with Gasteiger partial charge in [-0.25, -0.2) is 4.98 Å². The molecule has 0 aliphatic rings. The monoisotopic (exact) mass is 279 g/mol. The van der Waals surface area contributed by atoms with Crippen molar-refractivity contribution in [2.24, 2.45) is 5.92 Å². The van der Waals surface area contributed by atoms with Crippen molar-refractivity contribution in [3.8, 4) is 0 Å². The first-order valence-electron chi connectivity index (χ1n) is 7.12. The van der Waals surface area contributed by atoms with Crippen LogP contribution in [0.15, 0.2) is 12.1 Å². The van der Waals surface area contributed by atoms with E-state index < -0.39 is 0 Å². The zero-order valence-corrected chi connectivity index (χ0v) is 12.8. The van der Waals surface area contributed by atoms with E-state index in [4.69, 9.17) is 10.5 Å². The van der Waals surface area contributed by atoms with Crippen LogP contribution in [-0.2, 0) is 11.2 Å². The number of nitrogen functional groups attached to an aromatic ring is 1. The third-order valence-electron chi connectivity index (χ3n) is 3.15. The van der Waals surface area contributed by atoms with Gasteiger partial charge >= 0.3 is 0 Å². The molecule has 0 aromatic carbocycles. The van der Waals surface area contributed by atoms with E-state index in [1.165, 1.54) is 0 Å². The molecule has 1 unspecified atom stereocenters. The maximum absolute atomic E-state index is 12.3. The fourth-order valence-corrected chi connectivity index (χ4v) is 1.82. The van der Waals surface area contributed by atoms with Gasteiger partial charge < -0.3 is 15.8 Å². The van der Waals surface area contributed by atoms with Crippen molar-refractivity contribution in [3.63, 3.8) is 0 Å². The van der Waals surface area contributed by atoms with Crippen molar-refractivity contribution < 1.29 is 9.53 Å². The Labute approximate surface area is 120 Å². The fraction of sp³-hybridized carbons (Fsp3) is 0.600. The number of hydrogen-bond donors (Lipinski definition) is 2. The molecule has 20 heavy (non-hydrogen) atoms. The van der Waals surface area contributed by atoms with Gasteiger partial charge in [0.05, 0.1) is 12.6 Å². The highest BCUT2D eigenvalue weighted by atomic mass is 16.5. The summed E-state index contributed by atoms with van der Waals surface area (Å²) in [6.45, 7) is 9.19. The summed E-state index contributed by atoms with van der Waals surface area (Å²) >= 11 is 0. The molecule has 5 nitrogen and oxygen atoms in total. The molecule has 1 aromatic heterocycles. The maximum Gasteiger partial charge on any atom is 0.251 e. The number of nitrogens with zero attached hydrogens (tertiary/aromatic N) is 1. The second-order valence-electron chi connectivity index (χ2n) is 5.11. The predicted molar refractivity (Wildman–Crippen MR) is 80.6 cm³/mol. The Kier molecular flexibility index (Phi) is 6.45. The zero-order valence-electron chi connectivity index (χ0n) is 12.8. The number of rotatable bonds is 7. The number of ether oxygens (including phenoxy) is 1. The summed E-state index contributed by atoms with van der Waals surface area (Å²) in [5, 5.41) is 3.00. The average molecular weight is 279 g/mol. The van der Waals surface area contributed by atoms with E-state index in [-0.39, 0.29) is 11.9 Å². The van der Waals surface area contributed by atoms with E-state index in [0.29, 0.717) is 30.5 Å². The second kappa shape index (κ2) is 7.85. The molecule has 0 saturated carbocycles. The Morgan fingerprint density at radius 1 is 1.40 bits per heavy atom. The molecular weight excluding hydrogens is 254 g/mol. The lowest BCUT2D eigenvalue weighted by Crippen LogP contribution is -2.42. The van der Waals surface area contributed by atoms with E-state index in [1.54, 1.807) is 12.1 Å². The molecule has 0 aliphatic heterocycles. The van der Waals surface area contributed by atoms with Gasteiger partial charge in [-0.15, -0.1) is 0 Å². The molecule has 0 bridgehead atoms. The van der Waals surface area contributed by atoms with E-state index >= 15 is 0 Å². The molecule has 112 valence electrons. The highest BCUT2D eigenvalue weighted by Gasteiger charge is 2.18. The molecule has 3 N–H and O–H groups in total. The van der Waals surface area contributed by atoms with E-state index in [2.05, 4.69) is 24.1 Å². The van der Waals surface area contributed by atoms with Gasteiger partial charge in [-0.1, -0.05) is 20.8 Å². The lowest BCUT2D eigenvalue weighted by Gasteiger charge is -2.22. The van der Waals surface area contributed by atoms with Crippen LogP contribution >= 0.6 is 0 Å². The zero-order chi connectivity index (χ0) is 15.1. The van der Waals surface area contributed by atoms with Gasteiger partial charge in [-0.05, 0) is 31.4 Å². The van der Waals surface area contributed by atoms with Crippen LogP contribution in [0.3, 0.4) is 0 Å². The number of hydrogen-bond acceptors (Lipinski definition) is 4. The first-order chi connectivity index (χ1) is 9.47. The number of aryl methyl sites for hydroxylation is 1. The SMILES string of the molecule is CCOCC(NC(=O)c1cc(N)nc(CC)c1)C(C)C. The average Bonchev–Trinajstić information content (AvgIpc) is 2.42. The van der Waals surface area contributed by atoms with E-state index in [9.17, 15) is 4.79 Å². The third kappa shape index (κ3) is 4.81. The Hall–Kier alpha value is -1.62. The van der Waals surface area contributed by atoms with Gasteiger partial charge in [0.25, 0.3) is 5.91 Å². The summed E-state index contributed by atoms with van der Waals surface area (Å²) in [6, 6.07) is 3.37. The maximum atomic E-state index is 12.3. The highest BCUT2D eigenvalue weighted by Crippen LogP contribution is 2.10. The van der Waals surface area contributed by atoms with Gasteiger partial charge in [0.2, 0.25) is 0 Å². The quantitative estimate of drug-likeness (QED) is 0.800. The van der Waals surface area contributed by atoms with Crippen LogP contribution in [0.25, 0.3) is 0 Å². The summed E-state index contributed by atoms with van der Waals surface area (Å²) in [7, 11) is 0. The van der Waals surface area contributed by atoms with Crippen molar-refractivity contribution in [2.75, 3.05) is 18.9 Å². The topological polar surface area (TPSA) is 77.2 Å². The minimum Gasteiger partial charge on any atom is -0.384 e. The third-order valence-corrected chi connectivity index (χ3v) is 3.15. The second-order valence-corrected chi connectivity index (χ2v) is 5.11. The summed E-state index contributed by atoms with van der Waals surface area (Å²) in [5.41, 5.74) is 7.10. The number of carbonyl (C=O) groups is 1. The highest BCUT2D eigenvalue weighted by molar-refractivity contribution is 5.95. The Morgan fingerprint density at radius 3 is 2.65 bits per heavy atom. The minimum atomic E-state index is -0.132. The van der Waals surface area contributed by atoms with E-state index in [0.717, 1.165) is 12.1 Å². The van der Waals surface area contributed by atoms with Crippen LogP contribution < -0.4 is 11.1 Å². The standard InChI is InChI=1S/C15H25N3O2/c1-5-12-7-11(8-14(16)17-12)15(19)18-13(10(3)4)9-20-6-2/h7-8,10,13H,5-6,9H2,1-4H3,(H2,16,17)(H,18,19). The van der Waals surface area contributed by atoms with E-state index in [1.807, 2.05) is 13.8 Å². The Balaban J connectivity index is 2.80. The molecule has 0 radical (unpaired) electrons. The largest absolute Gasteiger partial charge is 0.384 e. The molecule has 1 heterocycles. The molecule has 0 fully saturated rings. The summed E-state index contributed by atoms with van der Waals surface area (Å²) in [5.74, 6) is 0.544. The number of anilines is 1. The summed E-state index contributed by atoms with van der Waals surface area (Å²) in [4.78, 5) is 16.5. The van der Waals surface area contributed by atoms with Crippen molar-refractivity contribution in [1.29, 1.82) is 0 Å². The molecule has 1 amide bonds. The first kappa shape index (κ1) is 16.4. The van der Waals surface area contributed by atoms with Crippen LogP contribution in [0.5, 0.6) is 0 Å². The van der Waals surface area contributed by atoms with Crippen molar-refractivity contribution in [3.05, 3.63) is 23.4 Å². The first-order valence-corrected chi connectivity index (χ1v) is 7.12. The van der Waals surface area contributed by atoms with Gasteiger partial charge in [-0.2, -0.15) is 0 Å². The molecule has 0 saturated heterocycles. The number of carbonyl (C=O) groups excluding carboxylic acids is 1. The summed E-state index contributed by atoms with van der Waals surface area (Å²) < 4.78 is 5.41. The molecule has 0 spiro atoms. The van der Waals surface area contributed by atoms with Gasteiger partial charge in [0.15, 0.2) is 0 Å². The number of amides is 1. The van der Waals surface area contributed by atoms with Crippen LogP contribution in [-0.4, -0.2) is 30.1 Å². The van der Waals surface area contributed by atoms with Crippen molar-refractivity contribution >= 4 is 11.7 Å². The molecule has 1 rings (SSSR count).